The number of ketones is 1. The first kappa shape index (κ1) is 23.0. The van der Waals surface area contributed by atoms with Gasteiger partial charge in [-0.05, 0) is 68.9 Å². The Labute approximate surface area is 181 Å². The third-order valence-corrected chi connectivity index (χ3v) is 5.17. The maximum atomic E-state index is 12.7. The van der Waals surface area contributed by atoms with Gasteiger partial charge in [0.15, 0.2) is 12.1 Å². The molecule has 0 heterocycles. The third kappa shape index (κ3) is 7.59. The van der Waals surface area contributed by atoms with Crippen molar-refractivity contribution in [1.29, 1.82) is 0 Å². The molecule has 0 spiro atoms. The predicted octanol–water partition coefficient (Wildman–Crippen LogP) is 5.55. The molecule has 0 unspecified atom stereocenters. The number of likely N-dealkylation sites (N-methyl/N-ethyl adjacent to an activating group) is 1. The van der Waals surface area contributed by atoms with Crippen molar-refractivity contribution in [3.05, 3.63) is 76.3 Å². The summed E-state index contributed by atoms with van der Waals surface area (Å²) in [6.07, 6.45) is 7.00. The number of aldehydes is 1. The van der Waals surface area contributed by atoms with Gasteiger partial charge in [-0.15, -0.1) is 6.58 Å². The highest BCUT2D eigenvalue weighted by atomic mass is 79.9. The second-order valence-corrected chi connectivity index (χ2v) is 7.93. The van der Waals surface area contributed by atoms with Crippen LogP contribution < -0.4 is 4.74 Å². The van der Waals surface area contributed by atoms with E-state index < -0.39 is 0 Å². The minimum atomic E-state index is -0.174. The van der Waals surface area contributed by atoms with Crippen molar-refractivity contribution in [3.63, 3.8) is 0 Å². The zero-order valence-electron chi connectivity index (χ0n) is 16.9. The van der Waals surface area contributed by atoms with Crippen LogP contribution in [0.5, 0.6) is 5.75 Å². The molecule has 4 nitrogen and oxygen atoms in total. The fourth-order valence-electron chi connectivity index (χ4n) is 3.03. The molecule has 2 aromatic carbocycles. The molecule has 0 fully saturated rings. The number of benzene rings is 2. The van der Waals surface area contributed by atoms with E-state index in [1.54, 1.807) is 30.3 Å². The van der Waals surface area contributed by atoms with Gasteiger partial charge >= 0.3 is 0 Å². The monoisotopic (exact) mass is 457 g/mol. The molecule has 29 heavy (non-hydrogen) atoms. The number of carbonyl (C=O) groups is 2. The standard InChI is InChI=1S/C24H28BrNO3/c1-3-14-26(2)15-6-4-5-7-16-29-22-12-13-23(20(17-22)18-27)24(28)19-8-10-21(25)11-9-19/h3,8-13,17-18H,1,4-7,14-16H2,2H3. The number of halogens is 1. The molecule has 154 valence electrons. The topological polar surface area (TPSA) is 46.6 Å². The smallest absolute Gasteiger partial charge is 0.193 e. The average Bonchev–Trinajstić information content (AvgIpc) is 2.73. The van der Waals surface area contributed by atoms with E-state index in [9.17, 15) is 9.59 Å². The van der Waals surface area contributed by atoms with Gasteiger partial charge in [0.1, 0.15) is 5.75 Å². The van der Waals surface area contributed by atoms with Gasteiger partial charge in [0.05, 0.1) is 6.61 Å². The molecule has 0 aliphatic heterocycles. The molecular formula is C24H28BrNO3. The Hall–Kier alpha value is -2.24. The van der Waals surface area contributed by atoms with Crippen LogP contribution in [0.2, 0.25) is 0 Å². The van der Waals surface area contributed by atoms with Gasteiger partial charge in [0, 0.05) is 27.7 Å². The molecule has 0 aliphatic rings. The van der Waals surface area contributed by atoms with E-state index in [-0.39, 0.29) is 5.78 Å². The Morgan fingerprint density at radius 3 is 2.52 bits per heavy atom. The molecule has 0 bridgehead atoms. The van der Waals surface area contributed by atoms with Crippen LogP contribution in [0.25, 0.3) is 0 Å². The maximum absolute atomic E-state index is 12.7. The molecule has 0 saturated carbocycles. The van der Waals surface area contributed by atoms with Crippen LogP contribution in [0.1, 0.15) is 52.0 Å². The Morgan fingerprint density at radius 1 is 1.10 bits per heavy atom. The van der Waals surface area contributed by atoms with Crippen LogP contribution in [-0.2, 0) is 0 Å². The summed E-state index contributed by atoms with van der Waals surface area (Å²) >= 11 is 3.35. The summed E-state index contributed by atoms with van der Waals surface area (Å²) in [5.41, 5.74) is 1.28. The van der Waals surface area contributed by atoms with Crippen LogP contribution in [0.15, 0.2) is 59.6 Å². The van der Waals surface area contributed by atoms with E-state index in [0.29, 0.717) is 35.3 Å². The molecular weight excluding hydrogens is 430 g/mol. The largest absolute Gasteiger partial charge is 0.494 e. The van der Waals surface area contributed by atoms with E-state index in [1.165, 1.54) is 0 Å². The molecule has 0 amide bonds. The van der Waals surface area contributed by atoms with Crippen LogP contribution >= 0.6 is 15.9 Å². The summed E-state index contributed by atoms with van der Waals surface area (Å²) in [5, 5.41) is 0. The lowest BCUT2D eigenvalue weighted by Crippen LogP contribution is -2.19. The van der Waals surface area contributed by atoms with Crippen molar-refractivity contribution in [2.45, 2.75) is 25.7 Å². The first-order valence-corrected chi connectivity index (χ1v) is 10.7. The van der Waals surface area contributed by atoms with E-state index in [4.69, 9.17) is 4.74 Å². The third-order valence-electron chi connectivity index (χ3n) is 4.64. The second-order valence-electron chi connectivity index (χ2n) is 7.02. The molecule has 0 N–H and O–H groups in total. The van der Waals surface area contributed by atoms with Crippen LogP contribution in [0.3, 0.4) is 0 Å². The zero-order valence-corrected chi connectivity index (χ0v) is 18.5. The predicted molar refractivity (Wildman–Crippen MR) is 121 cm³/mol. The number of nitrogens with zero attached hydrogens (tertiary/aromatic N) is 1. The summed E-state index contributed by atoms with van der Waals surface area (Å²) < 4.78 is 6.67. The number of unbranched alkanes of at least 4 members (excludes halogenated alkanes) is 3. The molecule has 0 radical (unpaired) electrons. The summed E-state index contributed by atoms with van der Waals surface area (Å²) in [4.78, 5) is 26.4. The molecule has 0 aromatic heterocycles. The minimum absolute atomic E-state index is 0.174. The highest BCUT2D eigenvalue weighted by molar-refractivity contribution is 9.10. The Morgan fingerprint density at radius 2 is 1.83 bits per heavy atom. The Bertz CT molecular complexity index is 817. The van der Waals surface area contributed by atoms with Crippen molar-refractivity contribution in [1.82, 2.24) is 4.90 Å². The zero-order chi connectivity index (χ0) is 21.1. The molecule has 0 aliphatic carbocycles. The number of carbonyl (C=O) groups excluding carboxylic acids is 2. The number of rotatable bonds is 13. The van der Waals surface area contributed by atoms with Crippen LogP contribution in [0, 0.1) is 0 Å². The van der Waals surface area contributed by atoms with Gasteiger partial charge in [-0.1, -0.05) is 34.8 Å². The first-order chi connectivity index (χ1) is 14.0. The molecule has 2 aromatic rings. The maximum Gasteiger partial charge on any atom is 0.193 e. The normalized spacial score (nSPS) is 10.7. The van der Waals surface area contributed by atoms with Crippen molar-refractivity contribution in [2.24, 2.45) is 0 Å². The lowest BCUT2D eigenvalue weighted by molar-refractivity contribution is 0.102. The molecule has 0 saturated heterocycles. The van der Waals surface area contributed by atoms with Gasteiger partial charge in [-0.2, -0.15) is 0 Å². The van der Waals surface area contributed by atoms with Crippen LogP contribution in [-0.4, -0.2) is 43.7 Å². The lowest BCUT2D eigenvalue weighted by Gasteiger charge is -2.13. The van der Waals surface area contributed by atoms with E-state index in [0.717, 1.165) is 43.2 Å². The van der Waals surface area contributed by atoms with Gasteiger partial charge in [0.2, 0.25) is 0 Å². The van der Waals surface area contributed by atoms with Crippen LogP contribution in [0.4, 0.5) is 0 Å². The van der Waals surface area contributed by atoms with E-state index >= 15 is 0 Å². The molecule has 2 rings (SSSR count). The second kappa shape index (κ2) is 12.3. The number of hydrogen-bond donors (Lipinski definition) is 0. The fourth-order valence-corrected chi connectivity index (χ4v) is 3.30. The molecule has 5 heteroatoms. The van der Waals surface area contributed by atoms with Gasteiger partial charge in [-0.25, -0.2) is 0 Å². The van der Waals surface area contributed by atoms with Crippen molar-refractivity contribution >= 4 is 28.0 Å². The minimum Gasteiger partial charge on any atom is -0.494 e. The van der Waals surface area contributed by atoms with Gasteiger partial charge < -0.3 is 9.64 Å². The number of hydrogen-bond acceptors (Lipinski definition) is 4. The number of ether oxygens (including phenoxy) is 1. The average molecular weight is 458 g/mol. The van der Waals surface area contributed by atoms with E-state index in [1.807, 2.05) is 18.2 Å². The van der Waals surface area contributed by atoms with Crippen molar-refractivity contribution in [3.8, 4) is 5.75 Å². The highest BCUT2D eigenvalue weighted by Crippen LogP contribution is 2.21. The highest BCUT2D eigenvalue weighted by Gasteiger charge is 2.14. The Kier molecular flexibility index (Phi) is 9.81. The quantitative estimate of drug-likeness (QED) is 0.171. The van der Waals surface area contributed by atoms with Crippen molar-refractivity contribution in [2.75, 3.05) is 26.7 Å². The van der Waals surface area contributed by atoms with Crippen molar-refractivity contribution < 1.29 is 14.3 Å². The summed E-state index contributed by atoms with van der Waals surface area (Å²) in [7, 11) is 2.10. The summed E-state index contributed by atoms with van der Waals surface area (Å²) in [6, 6.07) is 12.2. The van der Waals surface area contributed by atoms with E-state index in [2.05, 4.69) is 34.5 Å². The first-order valence-electron chi connectivity index (χ1n) is 9.87. The summed E-state index contributed by atoms with van der Waals surface area (Å²) in [6.45, 7) is 6.33. The molecule has 0 atom stereocenters. The summed E-state index contributed by atoms with van der Waals surface area (Å²) in [5.74, 6) is 0.442. The van der Waals surface area contributed by atoms with Gasteiger partial charge in [-0.3, -0.25) is 9.59 Å². The lowest BCUT2D eigenvalue weighted by atomic mass is 9.99. The Balaban J connectivity index is 1.82. The fraction of sp³-hybridized carbons (Fsp3) is 0.333. The van der Waals surface area contributed by atoms with Gasteiger partial charge in [0.25, 0.3) is 0 Å². The SMILES string of the molecule is C=CCN(C)CCCCCCOc1ccc(C(=O)c2ccc(Br)cc2)c(C=O)c1.